The van der Waals surface area contributed by atoms with Crippen LogP contribution in [0.25, 0.3) is 0 Å². The van der Waals surface area contributed by atoms with Crippen molar-refractivity contribution in [3.8, 4) is 0 Å². The fourth-order valence-corrected chi connectivity index (χ4v) is 2.44. The highest BCUT2D eigenvalue weighted by Crippen LogP contribution is 2.24. The summed E-state index contributed by atoms with van der Waals surface area (Å²) in [6.07, 6.45) is 5.83. The highest BCUT2D eigenvalue weighted by molar-refractivity contribution is 5.64. The van der Waals surface area contributed by atoms with E-state index in [2.05, 4.69) is 23.3 Å². The fraction of sp³-hybridized carbons (Fsp3) is 0.571. The van der Waals surface area contributed by atoms with E-state index in [1.165, 1.54) is 0 Å². The topological polar surface area (TPSA) is 77.2 Å². The van der Waals surface area contributed by atoms with Gasteiger partial charge in [-0.3, -0.25) is 4.98 Å². The molecular formula is C14H21N3O2. The van der Waals surface area contributed by atoms with Crippen molar-refractivity contribution in [3.05, 3.63) is 24.0 Å². The molecule has 5 nitrogen and oxygen atoms in total. The van der Waals surface area contributed by atoms with Gasteiger partial charge in [-0.2, -0.15) is 0 Å². The summed E-state index contributed by atoms with van der Waals surface area (Å²) in [7, 11) is 0. The number of hydrogen-bond acceptors (Lipinski definition) is 4. The Morgan fingerprint density at radius 2 is 2.16 bits per heavy atom. The SMILES string of the molecule is CCc1ccc(NC2CCC(OC(N)=O)CC2)cn1. The minimum atomic E-state index is -0.671. The first kappa shape index (κ1) is 13.6. The Bertz CT molecular complexity index is 411. The van der Waals surface area contributed by atoms with E-state index in [1.807, 2.05) is 12.3 Å². The number of ether oxygens (including phenoxy) is 1. The average molecular weight is 263 g/mol. The van der Waals surface area contributed by atoms with Gasteiger partial charge in [0.1, 0.15) is 6.10 Å². The lowest BCUT2D eigenvalue weighted by Crippen LogP contribution is -2.32. The summed E-state index contributed by atoms with van der Waals surface area (Å²) in [5.74, 6) is 0. The van der Waals surface area contributed by atoms with Gasteiger partial charge in [0.2, 0.25) is 0 Å². The van der Waals surface area contributed by atoms with Crippen molar-refractivity contribution in [1.29, 1.82) is 0 Å². The van der Waals surface area contributed by atoms with E-state index >= 15 is 0 Å². The molecule has 0 aromatic carbocycles. The monoisotopic (exact) mass is 263 g/mol. The van der Waals surface area contributed by atoms with E-state index in [0.29, 0.717) is 6.04 Å². The molecule has 0 bridgehead atoms. The molecule has 0 atom stereocenters. The Morgan fingerprint density at radius 3 is 2.68 bits per heavy atom. The number of aromatic nitrogens is 1. The number of nitrogens with zero attached hydrogens (tertiary/aromatic N) is 1. The van der Waals surface area contributed by atoms with E-state index in [9.17, 15) is 4.79 Å². The molecule has 1 saturated carbocycles. The van der Waals surface area contributed by atoms with Crippen LogP contribution >= 0.6 is 0 Å². The molecule has 0 radical (unpaired) electrons. The van der Waals surface area contributed by atoms with Crippen LogP contribution < -0.4 is 11.1 Å². The molecule has 104 valence electrons. The minimum absolute atomic E-state index is 0.0175. The van der Waals surface area contributed by atoms with Crippen molar-refractivity contribution in [2.75, 3.05) is 5.32 Å². The zero-order valence-corrected chi connectivity index (χ0v) is 11.3. The third kappa shape index (κ3) is 4.12. The second-order valence-corrected chi connectivity index (χ2v) is 4.95. The van der Waals surface area contributed by atoms with Gasteiger partial charge < -0.3 is 15.8 Å². The number of primary amides is 1. The van der Waals surface area contributed by atoms with Crippen molar-refractivity contribution in [1.82, 2.24) is 4.98 Å². The van der Waals surface area contributed by atoms with Crippen molar-refractivity contribution >= 4 is 11.8 Å². The van der Waals surface area contributed by atoms with Gasteiger partial charge in [0.25, 0.3) is 0 Å². The van der Waals surface area contributed by atoms with Crippen molar-refractivity contribution in [2.45, 2.75) is 51.2 Å². The number of pyridine rings is 1. The van der Waals surface area contributed by atoms with Gasteiger partial charge in [0.05, 0.1) is 11.9 Å². The van der Waals surface area contributed by atoms with E-state index < -0.39 is 6.09 Å². The first-order valence-corrected chi connectivity index (χ1v) is 6.85. The molecule has 19 heavy (non-hydrogen) atoms. The highest BCUT2D eigenvalue weighted by Gasteiger charge is 2.23. The first-order chi connectivity index (χ1) is 9.17. The third-order valence-corrected chi connectivity index (χ3v) is 3.51. The van der Waals surface area contributed by atoms with E-state index in [-0.39, 0.29) is 6.10 Å². The lowest BCUT2D eigenvalue weighted by molar-refractivity contribution is 0.0806. The Balaban J connectivity index is 1.80. The molecular weight excluding hydrogens is 242 g/mol. The zero-order chi connectivity index (χ0) is 13.7. The van der Waals surface area contributed by atoms with Gasteiger partial charge in [-0.25, -0.2) is 4.79 Å². The van der Waals surface area contributed by atoms with Crippen LogP contribution in [-0.2, 0) is 11.2 Å². The van der Waals surface area contributed by atoms with Gasteiger partial charge in [0.15, 0.2) is 0 Å². The van der Waals surface area contributed by atoms with Gasteiger partial charge in [-0.15, -0.1) is 0 Å². The Labute approximate surface area is 113 Å². The van der Waals surface area contributed by atoms with Crippen LogP contribution in [0.15, 0.2) is 18.3 Å². The molecule has 1 aliphatic carbocycles. The normalized spacial score (nSPS) is 22.8. The molecule has 2 rings (SSSR count). The van der Waals surface area contributed by atoms with Gasteiger partial charge >= 0.3 is 6.09 Å². The van der Waals surface area contributed by atoms with Gasteiger partial charge in [-0.05, 0) is 44.2 Å². The third-order valence-electron chi connectivity index (χ3n) is 3.51. The Kier molecular flexibility index (Phi) is 4.60. The predicted octanol–water partition coefficient (Wildman–Crippen LogP) is 2.46. The minimum Gasteiger partial charge on any atom is -0.446 e. The maximum Gasteiger partial charge on any atom is 0.404 e. The molecule has 3 N–H and O–H groups in total. The quantitative estimate of drug-likeness (QED) is 0.874. The number of rotatable bonds is 4. The van der Waals surface area contributed by atoms with E-state index in [1.54, 1.807) is 0 Å². The molecule has 0 unspecified atom stereocenters. The number of nitrogens with two attached hydrogens (primary N) is 1. The summed E-state index contributed by atoms with van der Waals surface area (Å²) in [4.78, 5) is 15.0. The van der Waals surface area contributed by atoms with Gasteiger partial charge in [-0.1, -0.05) is 6.92 Å². The van der Waals surface area contributed by atoms with Crippen LogP contribution in [0.4, 0.5) is 10.5 Å². The molecule has 0 saturated heterocycles. The second-order valence-electron chi connectivity index (χ2n) is 4.95. The maximum atomic E-state index is 10.7. The lowest BCUT2D eigenvalue weighted by Gasteiger charge is -2.29. The molecule has 1 aromatic heterocycles. The summed E-state index contributed by atoms with van der Waals surface area (Å²) in [6, 6.07) is 4.53. The van der Waals surface area contributed by atoms with Crippen LogP contribution in [0.3, 0.4) is 0 Å². The second kappa shape index (κ2) is 6.41. The molecule has 1 fully saturated rings. The highest BCUT2D eigenvalue weighted by atomic mass is 16.6. The van der Waals surface area contributed by atoms with Crippen LogP contribution in [0.2, 0.25) is 0 Å². The van der Waals surface area contributed by atoms with Crippen LogP contribution in [0, 0.1) is 0 Å². The molecule has 1 amide bonds. The smallest absolute Gasteiger partial charge is 0.404 e. The zero-order valence-electron chi connectivity index (χ0n) is 11.3. The number of nitrogens with one attached hydrogen (secondary N) is 1. The van der Waals surface area contributed by atoms with Gasteiger partial charge in [0, 0.05) is 11.7 Å². The van der Waals surface area contributed by atoms with Crippen molar-refractivity contribution in [3.63, 3.8) is 0 Å². The van der Waals surface area contributed by atoms with Crippen molar-refractivity contribution < 1.29 is 9.53 Å². The largest absolute Gasteiger partial charge is 0.446 e. The Hall–Kier alpha value is -1.78. The number of amides is 1. The number of carbonyl (C=O) groups is 1. The number of hydrogen-bond donors (Lipinski definition) is 2. The number of carbonyl (C=O) groups excluding carboxylic acids is 1. The molecule has 1 aromatic rings. The summed E-state index contributed by atoms with van der Waals surface area (Å²) in [5.41, 5.74) is 7.18. The predicted molar refractivity (Wildman–Crippen MR) is 74.0 cm³/mol. The van der Waals surface area contributed by atoms with Crippen molar-refractivity contribution in [2.24, 2.45) is 5.73 Å². The number of anilines is 1. The standard InChI is InChI=1S/C14H21N3O2/c1-2-10-3-4-12(9-16-10)17-11-5-7-13(8-6-11)19-14(15)18/h3-4,9,11,13,17H,2,5-8H2,1H3,(H2,15,18). The van der Waals surface area contributed by atoms with Crippen LogP contribution in [0.1, 0.15) is 38.3 Å². The summed E-state index contributed by atoms with van der Waals surface area (Å²) >= 11 is 0. The summed E-state index contributed by atoms with van der Waals surface area (Å²) in [6.45, 7) is 2.09. The van der Waals surface area contributed by atoms with E-state index in [0.717, 1.165) is 43.5 Å². The first-order valence-electron chi connectivity index (χ1n) is 6.85. The molecule has 1 heterocycles. The Morgan fingerprint density at radius 1 is 1.42 bits per heavy atom. The fourth-order valence-electron chi connectivity index (χ4n) is 2.44. The molecule has 5 heteroatoms. The van der Waals surface area contributed by atoms with Crippen LogP contribution in [0.5, 0.6) is 0 Å². The molecule has 0 spiro atoms. The summed E-state index contributed by atoms with van der Waals surface area (Å²) < 4.78 is 5.02. The lowest BCUT2D eigenvalue weighted by atomic mass is 9.93. The molecule has 0 aliphatic heterocycles. The van der Waals surface area contributed by atoms with E-state index in [4.69, 9.17) is 10.5 Å². The summed E-state index contributed by atoms with van der Waals surface area (Å²) in [5, 5.41) is 3.47. The average Bonchev–Trinajstić information content (AvgIpc) is 2.41. The maximum absolute atomic E-state index is 10.7. The number of aryl methyl sites for hydroxylation is 1. The van der Waals surface area contributed by atoms with Crippen LogP contribution in [-0.4, -0.2) is 23.2 Å². The molecule has 1 aliphatic rings.